The normalized spacial score (nSPS) is 27.8. The quantitative estimate of drug-likeness (QED) is 0.164. The third kappa shape index (κ3) is 8.29. The van der Waals surface area contributed by atoms with Crippen molar-refractivity contribution in [1.29, 1.82) is 0 Å². The van der Waals surface area contributed by atoms with E-state index >= 15 is 0 Å². The highest BCUT2D eigenvalue weighted by molar-refractivity contribution is 5.97. The van der Waals surface area contributed by atoms with Crippen LogP contribution in [0.5, 0.6) is 5.75 Å². The summed E-state index contributed by atoms with van der Waals surface area (Å²) >= 11 is 0. The Balaban J connectivity index is 1.44. The second-order valence-corrected chi connectivity index (χ2v) is 16.3. The highest BCUT2D eigenvalue weighted by Crippen LogP contribution is 2.61. The van der Waals surface area contributed by atoms with Crippen molar-refractivity contribution in [3.63, 3.8) is 0 Å². The van der Waals surface area contributed by atoms with Gasteiger partial charge < -0.3 is 35.8 Å². The number of aliphatic hydroxyl groups excluding tert-OH is 2. The monoisotopic (exact) mass is 721 g/mol. The highest BCUT2D eigenvalue weighted by Gasteiger charge is 2.57. The van der Waals surface area contributed by atoms with Gasteiger partial charge in [-0.05, 0) is 94.1 Å². The summed E-state index contributed by atoms with van der Waals surface area (Å²) in [5, 5.41) is 32.8. The van der Waals surface area contributed by atoms with Crippen molar-refractivity contribution in [3.8, 4) is 16.9 Å². The molecule has 3 saturated carbocycles. The number of hydroxylamine groups is 2. The first kappa shape index (κ1) is 40.0. The average molecular weight is 722 g/mol. The summed E-state index contributed by atoms with van der Waals surface area (Å²) in [6, 6.07) is 10.8. The molecule has 4 aliphatic rings. The van der Waals surface area contributed by atoms with E-state index in [1.807, 2.05) is 57.4 Å². The zero-order valence-corrected chi connectivity index (χ0v) is 32.7. The van der Waals surface area contributed by atoms with Crippen LogP contribution in [0, 0.1) is 29.1 Å². The Kier molecular flexibility index (Phi) is 13.0. The minimum atomic E-state index is -0.893. The fraction of sp³-hybridized carbons (Fsp3) is 0.659. The molecule has 1 saturated heterocycles. The first-order valence-corrected chi connectivity index (χ1v) is 19.3. The number of benzene rings is 2. The molecule has 11 nitrogen and oxygen atoms in total. The molecule has 2 bridgehead atoms. The van der Waals surface area contributed by atoms with E-state index in [-0.39, 0.29) is 42.5 Å². The lowest BCUT2D eigenvalue weighted by atomic mass is 9.45. The molecule has 0 aromatic heterocycles. The van der Waals surface area contributed by atoms with E-state index < -0.39 is 24.2 Å². The number of likely N-dealkylation sites (N-methyl/N-ethyl adjacent to an activating group) is 1. The molecule has 0 unspecified atom stereocenters. The Bertz CT molecular complexity index is 1550. The van der Waals surface area contributed by atoms with E-state index in [9.17, 15) is 19.8 Å². The fourth-order valence-corrected chi connectivity index (χ4v) is 9.32. The summed E-state index contributed by atoms with van der Waals surface area (Å²) in [4.78, 5) is 36.3. The van der Waals surface area contributed by atoms with Crippen LogP contribution in [0.3, 0.4) is 0 Å². The molecule has 3 aliphatic carbocycles. The van der Waals surface area contributed by atoms with Gasteiger partial charge in [0.05, 0.1) is 26.4 Å². The zero-order chi connectivity index (χ0) is 37.9. The molecule has 2 aromatic rings. The summed E-state index contributed by atoms with van der Waals surface area (Å²) in [7, 11) is 5.63. The van der Waals surface area contributed by atoms with Crippen molar-refractivity contribution >= 4 is 17.5 Å². The molecule has 5 N–H and O–H groups in total. The van der Waals surface area contributed by atoms with E-state index in [0.717, 1.165) is 48.2 Å². The van der Waals surface area contributed by atoms with Gasteiger partial charge in [-0.2, -0.15) is 5.06 Å². The van der Waals surface area contributed by atoms with Gasteiger partial charge in [-0.3, -0.25) is 14.4 Å². The van der Waals surface area contributed by atoms with Crippen LogP contribution in [0.4, 0.5) is 5.69 Å². The van der Waals surface area contributed by atoms with Gasteiger partial charge in [-0.1, -0.05) is 52.3 Å². The third-order valence-corrected chi connectivity index (χ3v) is 12.1. The molecule has 1 heterocycles. The van der Waals surface area contributed by atoms with Gasteiger partial charge in [0.2, 0.25) is 5.91 Å². The van der Waals surface area contributed by atoms with Crippen LogP contribution in [0.15, 0.2) is 36.4 Å². The molecule has 0 spiro atoms. The van der Waals surface area contributed by atoms with Gasteiger partial charge in [0.1, 0.15) is 17.9 Å². The molecular formula is C41H63N5O6. The van der Waals surface area contributed by atoms with E-state index in [0.29, 0.717) is 35.6 Å². The maximum absolute atomic E-state index is 14.2. The summed E-state index contributed by atoms with van der Waals surface area (Å²) in [6.45, 7) is 14.0. The summed E-state index contributed by atoms with van der Waals surface area (Å²) < 4.78 is 6.07. The number of methoxy groups -OCH3 is 1. The molecule has 52 heavy (non-hydrogen) atoms. The van der Waals surface area contributed by atoms with Crippen LogP contribution in [-0.2, 0) is 16.2 Å². The number of nitrogens with zero attached hydrogens (tertiary/aromatic N) is 2. The van der Waals surface area contributed by atoms with Crippen molar-refractivity contribution in [2.45, 2.75) is 104 Å². The largest absolute Gasteiger partial charge is 0.496 e. The molecule has 6 rings (SSSR count). The second kappa shape index (κ2) is 16.8. The number of anilines is 1. The first-order chi connectivity index (χ1) is 24.7. The number of amides is 2. The van der Waals surface area contributed by atoms with Crippen molar-refractivity contribution < 1.29 is 29.4 Å². The number of para-hydroxylation sites is 1. The molecule has 4 fully saturated rings. The molecule has 9 atom stereocenters. The van der Waals surface area contributed by atoms with Crippen molar-refractivity contribution in [2.24, 2.45) is 29.1 Å². The molecule has 11 heteroatoms. The van der Waals surface area contributed by atoms with Crippen LogP contribution < -0.4 is 20.7 Å². The maximum Gasteiger partial charge on any atom is 0.251 e. The Morgan fingerprint density at radius 3 is 2.50 bits per heavy atom. The number of ether oxygens (including phenoxy) is 1. The molecule has 2 aromatic carbocycles. The summed E-state index contributed by atoms with van der Waals surface area (Å²) in [5.41, 5.74) is 4.01. The van der Waals surface area contributed by atoms with Crippen molar-refractivity contribution in [2.75, 3.05) is 46.2 Å². The van der Waals surface area contributed by atoms with E-state index in [1.54, 1.807) is 19.1 Å². The zero-order valence-electron chi connectivity index (χ0n) is 32.7. The number of aliphatic hydroxyl groups is 2. The fourth-order valence-electron chi connectivity index (χ4n) is 9.32. The van der Waals surface area contributed by atoms with Crippen LogP contribution in [0.25, 0.3) is 11.1 Å². The maximum atomic E-state index is 14.2. The number of carbonyl (C=O) groups is 2. The number of hydrogen-bond acceptors (Lipinski definition) is 9. The minimum absolute atomic E-state index is 0.0225. The number of hydrogen-bond donors (Lipinski definition) is 5. The lowest BCUT2D eigenvalue weighted by Gasteiger charge is -2.62. The van der Waals surface area contributed by atoms with Gasteiger partial charge >= 0.3 is 0 Å². The highest BCUT2D eigenvalue weighted by atomic mass is 16.7. The SMILES string of the molecule is CCC[C@@H](CN(C)C)NC(=O)c1cc(NCC)cc(-c2cccc(CN3O[C@@H](CO)[C@@H]([C@H](C)O)[C@H]3C(=O)N[C@H]3C[C@H]4C[C@@H]([C@@H]3C)C4(C)C)c2OC)c1. The molecule has 288 valence electrons. The topological polar surface area (TPSA) is 136 Å². The van der Waals surface area contributed by atoms with Gasteiger partial charge in [0.25, 0.3) is 5.91 Å². The van der Waals surface area contributed by atoms with Gasteiger partial charge in [0.15, 0.2) is 0 Å². The average Bonchev–Trinajstić information content (AvgIpc) is 3.47. The smallest absolute Gasteiger partial charge is 0.251 e. The van der Waals surface area contributed by atoms with Crippen molar-refractivity contribution in [3.05, 3.63) is 47.5 Å². The van der Waals surface area contributed by atoms with Gasteiger partial charge in [0, 0.05) is 53.5 Å². The standard InChI is InChI=1S/C41H63N5O6/c1-10-13-30(22-45(7)8)43-39(49)28-16-27(17-31(18-28)42-11-2)32-15-12-14-26(38(32)51-9)21-46-37(36(25(4)48)35(23-47)52-46)40(50)44-34-20-29-19-33(24(34)3)41(29,5)6/h12,14-18,24-25,29-30,33-37,42,47-48H,10-11,13,19-23H2,1-9H3,(H,43,49)(H,44,50)/t24-,25-,29+,30-,33-,34-,35-,36+,37-/m0/s1. The Labute approximate surface area is 310 Å². The number of nitrogens with one attached hydrogen (secondary N) is 3. The molecule has 1 aliphatic heterocycles. The van der Waals surface area contributed by atoms with E-state index in [2.05, 4.69) is 48.5 Å². The Morgan fingerprint density at radius 1 is 1.15 bits per heavy atom. The lowest BCUT2D eigenvalue weighted by Crippen LogP contribution is -2.62. The van der Waals surface area contributed by atoms with Gasteiger partial charge in [-0.25, -0.2) is 0 Å². The Morgan fingerprint density at radius 2 is 1.90 bits per heavy atom. The Hall–Kier alpha value is -3.22. The number of fused-ring (bicyclic) bond motifs is 2. The van der Waals surface area contributed by atoms with Crippen LogP contribution in [0.2, 0.25) is 0 Å². The van der Waals surface area contributed by atoms with Crippen LogP contribution in [-0.4, -0.2) is 103 Å². The number of carbonyl (C=O) groups excluding carboxylic acids is 2. The van der Waals surface area contributed by atoms with Gasteiger partial charge in [-0.15, -0.1) is 0 Å². The second-order valence-electron chi connectivity index (χ2n) is 16.3. The molecule has 0 radical (unpaired) electrons. The van der Waals surface area contributed by atoms with E-state index in [4.69, 9.17) is 9.57 Å². The minimum Gasteiger partial charge on any atom is -0.496 e. The lowest BCUT2D eigenvalue weighted by molar-refractivity contribution is -0.183. The summed E-state index contributed by atoms with van der Waals surface area (Å²) in [5.74, 6) is 1.10. The molecular weight excluding hydrogens is 658 g/mol. The first-order valence-electron chi connectivity index (χ1n) is 19.3. The van der Waals surface area contributed by atoms with Crippen LogP contribution >= 0.6 is 0 Å². The molecule has 2 amide bonds. The van der Waals surface area contributed by atoms with Crippen LogP contribution in [0.1, 0.15) is 83.1 Å². The van der Waals surface area contributed by atoms with E-state index in [1.165, 1.54) is 6.42 Å². The van der Waals surface area contributed by atoms with Crippen molar-refractivity contribution in [1.82, 2.24) is 20.6 Å². The predicted molar refractivity (Wildman–Crippen MR) is 205 cm³/mol. The number of rotatable bonds is 16. The third-order valence-electron chi connectivity index (χ3n) is 12.1. The summed E-state index contributed by atoms with van der Waals surface area (Å²) in [6.07, 6.45) is 2.34. The predicted octanol–water partition coefficient (Wildman–Crippen LogP) is 4.91.